The van der Waals surface area contributed by atoms with Crippen LogP contribution in [0.3, 0.4) is 0 Å². The summed E-state index contributed by atoms with van der Waals surface area (Å²) in [6, 6.07) is 14.2. The number of anilines is 1. The maximum absolute atomic E-state index is 12.8. The molecule has 3 rings (SSSR count). The van der Waals surface area contributed by atoms with Gasteiger partial charge in [-0.2, -0.15) is 0 Å². The first kappa shape index (κ1) is 16.7. The van der Waals surface area contributed by atoms with Crippen molar-refractivity contribution in [2.24, 2.45) is 0 Å². The molecule has 0 saturated heterocycles. The minimum atomic E-state index is -3.24. The van der Waals surface area contributed by atoms with E-state index in [2.05, 4.69) is 4.98 Å². The number of sulfone groups is 1. The van der Waals surface area contributed by atoms with E-state index in [9.17, 15) is 13.2 Å². The summed E-state index contributed by atoms with van der Waals surface area (Å²) in [7, 11) is -3.24. The van der Waals surface area contributed by atoms with Gasteiger partial charge in [-0.1, -0.05) is 36.0 Å². The van der Waals surface area contributed by atoms with E-state index >= 15 is 0 Å². The van der Waals surface area contributed by atoms with Gasteiger partial charge in [-0.3, -0.25) is 4.79 Å². The number of carbonyl (C=O) groups is 1. The van der Waals surface area contributed by atoms with Gasteiger partial charge in [0.25, 0.3) is 0 Å². The van der Waals surface area contributed by atoms with Gasteiger partial charge in [-0.05, 0) is 30.3 Å². The number of benzene rings is 1. The third-order valence-corrected chi connectivity index (χ3v) is 5.83. The van der Waals surface area contributed by atoms with Crippen LogP contribution < -0.4 is 4.90 Å². The molecule has 0 bridgehead atoms. The van der Waals surface area contributed by atoms with Crippen molar-refractivity contribution in [1.82, 2.24) is 4.98 Å². The van der Waals surface area contributed by atoms with E-state index in [1.807, 2.05) is 48.5 Å². The Hall–Kier alpha value is -2.12. The van der Waals surface area contributed by atoms with Gasteiger partial charge >= 0.3 is 0 Å². The minimum absolute atomic E-state index is 0.0815. The molecule has 124 valence electrons. The van der Waals surface area contributed by atoms with Gasteiger partial charge in [0, 0.05) is 17.3 Å². The molecule has 0 spiro atoms. The second-order valence-electron chi connectivity index (χ2n) is 5.28. The Balaban J connectivity index is 1.80. The molecule has 0 N–H and O–H groups in total. The first-order valence-corrected chi connectivity index (χ1v) is 10.1. The zero-order chi connectivity index (χ0) is 17.0. The summed E-state index contributed by atoms with van der Waals surface area (Å²) in [6.45, 7) is 0. The molecule has 0 saturated carbocycles. The van der Waals surface area contributed by atoms with E-state index in [1.165, 1.54) is 17.2 Å². The number of hydrogen-bond acceptors (Lipinski definition) is 5. The highest BCUT2D eigenvalue weighted by Gasteiger charge is 2.31. The molecule has 0 radical (unpaired) electrons. The smallest absolute Gasteiger partial charge is 0.237 e. The molecule has 1 aliphatic rings. The number of thioether (sulfide) groups is 1. The van der Waals surface area contributed by atoms with Gasteiger partial charge in [0.15, 0.2) is 9.84 Å². The van der Waals surface area contributed by atoms with Crippen LogP contribution in [0.2, 0.25) is 0 Å². The molecule has 2 aromatic rings. The number of rotatable bonds is 5. The Bertz CT molecular complexity index is 837. The summed E-state index contributed by atoms with van der Waals surface area (Å²) in [5, 5.41) is 1.95. The number of pyridine rings is 1. The van der Waals surface area contributed by atoms with Gasteiger partial charge in [-0.15, -0.1) is 0 Å². The first-order chi connectivity index (χ1) is 11.6. The van der Waals surface area contributed by atoms with Crippen LogP contribution in [0.4, 0.5) is 5.69 Å². The Labute approximate surface area is 145 Å². The molecule has 0 fully saturated rings. The highest BCUT2D eigenvalue weighted by Crippen LogP contribution is 2.24. The lowest BCUT2D eigenvalue weighted by Crippen LogP contribution is -2.42. The van der Waals surface area contributed by atoms with Crippen LogP contribution in [0.25, 0.3) is 0 Å². The highest BCUT2D eigenvalue weighted by atomic mass is 32.2. The number of para-hydroxylation sites is 1. The zero-order valence-electron chi connectivity index (χ0n) is 12.8. The predicted molar refractivity (Wildman–Crippen MR) is 95.6 cm³/mol. The summed E-state index contributed by atoms with van der Waals surface area (Å²) in [4.78, 5) is 18.5. The lowest BCUT2D eigenvalue weighted by molar-refractivity contribution is -0.116. The van der Waals surface area contributed by atoms with Crippen molar-refractivity contribution in [3.05, 3.63) is 66.2 Å². The lowest BCUT2D eigenvalue weighted by Gasteiger charge is -2.27. The van der Waals surface area contributed by atoms with E-state index in [4.69, 9.17) is 0 Å². The minimum Gasteiger partial charge on any atom is -0.304 e. The molecule has 7 heteroatoms. The molecular weight excluding hydrogens is 344 g/mol. The van der Waals surface area contributed by atoms with Crippen molar-refractivity contribution in [3.8, 4) is 0 Å². The fourth-order valence-corrected chi connectivity index (χ4v) is 4.46. The molecule has 24 heavy (non-hydrogen) atoms. The monoisotopic (exact) mass is 360 g/mol. The fraction of sp³-hybridized carbons (Fsp3) is 0.176. The standard InChI is InChI=1S/C17H16N2O3S2/c20-17(12-23-16-8-4-5-10-18-16)19(14-6-2-1-3-7-14)15-9-11-24(21,22)13-15/h1-11,15H,12-13H2/t15-/m0/s1. The van der Waals surface area contributed by atoms with Crippen molar-refractivity contribution in [3.63, 3.8) is 0 Å². The van der Waals surface area contributed by atoms with Gasteiger partial charge < -0.3 is 4.90 Å². The van der Waals surface area contributed by atoms with Crippen LogP contribution in [0, 0.1) is 0 Å². The third-order valence-electron chi connectivity index (χ3n) is 3.53. The third kappa shape index (κ3) is 4.04. The summed E-state index contributed by atoms with van der Waals surface area (Å²) in [5.41, 5.74) is 0.691. The highest BCUT2D eigenvalue weighted by molar-refractivity contribution is 7.99. The summed E-state index contributed by atoms with van der Waals surface area (Å²) >= 11 is 1.33. The molecule has 1 amide bonds. The first-order valence-electron chi connectivity index (χ1n) is 7.37. The average molecular weight is 360 g/mol. The zero-order valence-corrected chi connectivity index (χ0v) is 14.4. The summed E-state index contributed by atoms with van der Waals surface area (Å²) < 4.78 is 23.5. The van der Waals surface area contributed by atoms with Crippen LogP contribution in [0.5, 0.6) is 0 Å². The van der Waals surface area contributed by atoms with Crippen molar-refractivity contribution in [2.75, 3.05) is 16.4 Å². The van der Waals surface area contributed by atoms with Crippen LogP contribution in [-0.2, 0) is 14.6 Å². The van der Waals surface area contributed by atoms with Gasteiger partial charge in [-0.25, -0.2) is 13.4 Å². The van der Waals surface area contributed by atoms with E-state index in [0.717, 1.165) is 5.03 Å². The van der Waals surface area contributed by atoms with Crippen molar-refractivity contribution < 1.29 is 13.2 Å². The number of aromatic nitrogens is 1. The van der Waals surface area contributed by atoms with Crippen molar-refractivity contribution in [1.29, 1.82) is 0 Å². The second-order valence-corrected chi connectivity index (χ2v) is 8.21. The molecule has 0 aliphatic carbocycles. The quantitative estimate of drug-likeness (QED) is 0.767. The second kappa shape index (κ2) is 7.19. The SMILES string of the molecule is O=C(CSc1ccccn1)N(c1ccccc1)[C@H]1C=CS(=O)(=O)C1. The van der Waals surface area contributed by atoms with Crippen molar-refractivity contribution >= 4 is 33.2 Å². The fourth-order valence-electron chi connectivity index (χ4n) is 2.47. The molecule has 1 aromatic heterocycles. The van der Waals surface area contributed by atoms with Gasteiger partial charge in [0.05, 0.1) is 22.6 Å². The van der Waals surface area contributed by atoms with E-state index in [-0.39, 0.29) is 17.4 Å². The maximum Gasteiger partial charge on any atom is 0.237 e. The number of carbonyl (C=O) groups excluding carboxylic acids is 1. The Kier molecular flexibility index (Phi) is 5.01. The van der Waals surface area contributed by atoms with Crippen LogP contribution in [0.15, 0.2) is 71.2 Å². The Morgan fingerprint density at radius 3 is 2.54 bits per heavy atom. The summed E-state index contributed by atoms with van der Waals surface area (Å²) in [5.74, 6) is -0.0401. The average Bonchev–Trinajstić information content (AvgIpc) is 2.95. The predicted octanol–water partition coefficient (Wildman–Crippen LogP) is 2.52. The van der Waals surface area contributed by atoms with E-state index < -0.39 is 15.9 Å². The van der Waals surface area contributed by atoms with Gasteiger partial charge in [0.2, 0.25) is 5.91 Å². The van der Waals surface area contributed by atoms with Crippen molar-refractivity contribution in [2.45, 2.75) is 11.1 Å². The van der Waals surface area contributed by atoms with Gasteiger partial charge in [0.1, 0.15) is 0 Å². The Morgan fingerprint density at radius 1 is 1.17 bits per heavy atom. The molecular formula is C17H16N2O3S2. The molecule has 5 nitrogen and oxygen atoms in total. The molecule has 2 heterocycles. The number of nitrogens with zero attached hydrogens (tertiary/aromatic N) is 2. The van der Waals surface area contributed by atoms with E-state index in [1.54, 1.807) is 17.2 Å². The maximum atomic E-state index is 12.8. The van der Waals surface area contributed by atoms with Crippen LogP contribution in [0.1, 0.15) is 0 Å². The molecule has 1 aromatic carbocycles. The summed E-state index contributed by atoms with van der Waals surface area (Å²) in [6.07, 6.45) is 3.25. The molecule has 1 aliphatic heterocycles. The molecule has 1 atom stereocenters. The van der Waals surface area contributed by atoms with Crippen LogP contribution >= 0.6 is 11.8 Å². The van der Waals surface area contributed by atoms with E-state index in [0.29, 0.717) is 5.69 Å². The topological polar surface area (TPSA) is 67.3 Å². The van der Waals surface area contributed by atoms with Crippen LogP contribution in [-0.4, -0.2) is 36.9 Å². The Morgan fingerprint density at radius 2 is 1.92 bits per heavy atom. The lowest BCUT2D eigenvalue weighted by atomic mass is 10.2. The number of amides is 1. The normalized spacial score (nSPS) is 18.4. The molecule has 0 unspecified atom stereocenters. The number of hydrogen-bond donors (Lipinski definition) is 0. The largest absolute Gasteiger partial charge is 0.304 e.